The van der Waals surface area contributed by atoms with Gasteiger partial charge in [-0.05, 0) is 44.9 Å². The van der Waals surface area contributed by atoms with Gasteiger partial charge in [-0.3, -0.25) is 4.79 Å². The van der Waals surface area contributed by atoms with Crippen LogP contribution in [0.3, 0.4) is 0 Å². The van der Waals surface area contributed by atoms with Crippen LogP contribution in [-0.2, 0) is 4.79 Å². The molecule has 0 heterocycles. The van der Waals surface area contributed by atoms with E-state index in [9.17, 15) is 15.0 Å². The monoisotopic (exact) mass is 254 g/mol. The van der Waals surface area contributed by atoms with Crippen LogP contribution in [-0.4, -0.2) is 32.7 Å². The molecule has 0 aromatic heterocycles. The Balaban J connectivity index is 0.000001000. The van der Waals surface area contributed by atoms with Crippen molar-refractivity contribution < 1.29 is 20.5 Å². The number of carbonyl (C=O) groups excluding carboxylic acids is 1. The largest absolute Gasteiger partial charge is 0.412 e. The highest BCUT2D eigenvalue weighted by molar-refractivity contribution is 5.93. The number of Topliss-reactive ketones (excluding diaryl/α,β-unsaturated/α-hetero) is 1. The molecule has 0 amide bonds. The summed E-state index contributed by atoms with van der Waals surface area (Å²) in [7, 11) is 0. The van der Waals surface area contributed by atoms with Gasteiger partial charge in [-0.15, -0.1) is 0 Å². The maximum absolute atomic E-state index is 12.7. The van der Waals surface area contributed by atoms with Gasteiger partial charge in [-0.25, -0.2) is 0 Å². The van der Waals surface area contributed by atoms with Gasteiger partial charge >= 0.3 is 0 Å². The van der Waals surface area contributed by atoms with E-state index in [1.807, 2.05) is 6.92 Å². The quantitative estimate of drug-likeness (QED) is 0.657. The van der Waals surface area contributed by atoms with E-state index in [2.05, 4.69) is 0 Å². The van der Waals surface area contributed by atoms with E-state index in [4.69, 9.17) is 0 Å². The molecule has 4 heteroatoms. The molecule has 102 valence electrons. The second-order valence-corrected chi connectivity index (χ2v) is 7.00. The van der Waals surface area contributed by atoms with E-state index >= 15 is 0 Å². The van der Waals surface area contributed by atoms with Crippen LogP contribution >= 0.6 is 0 Å². The smallest absolute Gasteiger partial charge is 0.145 e. The Morgan fingerprint density at radius 1 is 1.22 bits per heavy atom. The third-order valence-electron chi connectivity index (χ3n) is 6.58. The minimum absolute atomic E-state index is 0. The van der Waals surface area contributed by atoms with Crippen molar-refractivity contribution >= 4 is 5.78 Å². The molecule has 0 unspecified atom stereocenters. The van der Waals surface area contributed by atoms with E-state index in [1.54, 1.807) is 0 Å². The molecule has 4 rings (SSSR count). The topological polar surface area (TPSA) is 89.0 Å². The third-order valence-corrected chi connectivity index (χ3v) is 6.58. The zero-order chi connectivity index (χ0) is 12.1. The first-order valence-corrected chi connectivity index (χ1v) is 6.92. The fraction of sp³-hybridized carbons (Fsp3) is 0.929. The van der Waals surface area contributed by atoms with Gasteiger partial charge in [0.25, 0.3) is 0 Å². The molecule has 4 fully saturated rings. The van der Waals surface area contributed by atoms with Crippen molar-refractivity contribution in [1.29, 1.82) is 0 Å². The summed E-state index contributed by atoms with van der Waals surface area (Å²) < 4.78 is 0. The predicted molar refractivity (Wildman–Crippen MR) is 64.8 cm³/mol. The molecule has 0 radical (unpaired) electrons. The molecule has 18 heavy (non-hydrogen) atoms. The third kappa shape index (κ3) is 0.960. The van der Waals surface area contributed by atoms with Crippen molar-refractivity contribution in [1.82, 2.24) is 0 Å². The molecule has 4 saturated carbocycles. The van der Waals surface area contributed by atoms with Crippen molar-refractivity contribution in [3.8, 4) is 0 Å². The van der Waals surface area contributed by atoms with Crippen molar-refractivity contribution in [3.63, 3.8) is 0 Å². The minimum atomic E-state index is -0.973. The summed E-state index contributed by atoms with van der Waals surface area (Å²) in [5, 5.41) is 21.8. The Kier molecular flexibility index (Phi) is 2.21. The maximum atomic E-state index is 12.7. The first-order chi connectivity index (χ1) is 7.93. The fourth-order valence-corrected chi connectivity index (χ4v) is 6.16. The lowest BCUT2D eigenvalue weighted by Crippen LogP contribution is -2.61. The van der Waals surface area contributed by atoms with Crippen LogP contribution in [0, 0.1) is 23.2 Å². The molecule has 0 aromatic rings. The van der Waals surface area contributed by atoms with Crippen LogP contribution in [0.5, 0.6) is 0 Å². The van der Waals surface area contributed by atoms with Crippen LogP contribution < -0.4 is 0 Å². The Labute approximate surface area is 107 Å². The van der Waals surface area contributed by atoms with Crippen molar-refractivity contribution in [3.05, 3.63) is 0 Å². The molecule has 4 aliphatic carbocycles. The molecular weight excluding hydrogens is 232 g/mol. The zero-order valence-electron chi connectivity index (χ0n) is 10.8. The number of carbonyl (C=O) groups is 1. The average molecular weight is 254 g/mol. The van der Waals surface area contributed by atoms with E-state index in [1.165, 1.54) is 0 Å². The fourth-order valence-electron chi connectivity index (χ4n) is 6.16. The highest BCUT2D eigenvalue weighted by atomic mass is 16.3. The minimum Gasteiger partial charge on any atom is -0.412 e. The summed E-state index contributed by atoms with van der Waals surface area (Å²) in [6.07, 6.45) is 5.11. The van der Waals surface area contributed by atoms with Gasteiger partial charge < -0.3 is 15.7 Å². The molecule has 0 aliphatic heterocycles. The molecule has 4 N–H and O–H groups in total. The van der Waals surface area contributed by atoms with Gasteiger partial charge in [0.2, 0.25) is 0 Å². The standard InChI is InChI=1S/C14H20O3.H2O/c1-12(16)10-9-4-6-13(10,17)7-8-3-2-5-14(8,12)11(9)15;/h8-10,16-17H,2-7H2,1H3;1H2/t8-,9-,10+,12+,13+,14-;/m0./s1. The van der Waals surface area contributed by atoms with Crippen LogP contribution in [0.4, 0.5) is 0 Å². The van der Waals surface area contributed by atoms with Gasteiger partial charge in [0.1, 0.15) is 5.78 Å². The Hall–Kier alpha value is -0.450. The zero-order valence-corrected chi connectivity index (χ0v) is 10.8. The molecule has 0 aromatic carbocycles. The van der Waals surface area contributed by atoms with Gasteiger partial charge in [-0.2, -0.15) is 0 Å². The second kappa shape index (κ2) is 3.17. The molecule has 4 nitrogen and oxygen atoms in total. The van der Waals surface area contributed by atoms with Crippen molar-refractivity contribution in [2.24, 2.45) is 23.2 Å². The molecular formula is C14H22O4. The molecule has 4 aliphatic rings. The van der Waals surface area contributed by atoms with Gasteiger partial charge in [-0.1, -0.05) is 6.42 Å². The molecule has 2 bridgehead atoms. The van der Waals surface area contributed by atoms with E-state index in [-0.39, 0.29) is 29.0 Å². The van der Waals surface area contributed by atoms with E-state index in [0.717, 1.165) is 32.1 Å². The normalized spacial score (nSPS) is 60.6. The first-order valence-electron chi connectivity index (χ1n) is 6.92. The summed E-state index contributed by atoms with van der Waals surface area (Å²) in [5.74, 6) is 0.231. The Bertz CT molecular complexity index is 418. The van der Waals surface area contributed by atoms with Crippen molar-refractivity contribution in [2.45, 2.75) is 56.7 Å². The Morgan fingerprint density at radius 3 is 2.67 bits per heavy atom. The lowest BCUT2D eigenvalue weighted by molar-refractivity contribution is -0.195. The van der Waals surface area contributed by atoms with Gasteiger partial charge in [0.15, 0.2) is 0 Å². The van der Waals surface area contributed by atoms with Crippen LogP contribution in [0.2, 0.25) is 0 Å². The lowest BCUT2D eigenvalue weighted by Gasteiger charge is -2.52. The summed E-state index contributed by atoms with van der Waals surface area (Å²) >= 11 is 0. The van der Waals surface area contributed by atoms with Gasteiger partial charge in [0.05, 0.1) is 16.6 Å². The predicted octanol–water partition coefficient (Wildman–Crippen LogP) is 0.443. The number of hydrogen-bond donors (Lipinski definition) is 2. The van der Waals surface area contributed by atoms with Gasteiger partial charge in [0, 0.05) is 11.8 Å². The van der Waals surface area contributed by atoms with E-state index < -0.39 is 16.6 Å². The van der Waals surface area contributed by atoms with Crippen LogP contribution in [0.25, 0.3) is 0 Å². The number of hydrogen-bond acceptors (Lipinski definition) is 3. The summed E-state index contributed by atoms with van der Waals surface area (Å²) in [6, 6.07) is 0. The second-order valence-electron chi connectivity index (χ2n) is 7.00. The molecule has 0 saturated heterocycles. The lowest BCUT2D eigenvalue weighted by atomic mass is 9.55. The first kappa shape index (κ1) is 12.6. The SMILES string of the molecule is C[C@@]1(O)[C@H]2[C@@H]3CC[C@@]2(O)C[C@@H]2CCC[C@@]21C3=O.O. The summed E-state index contributed by atoms with van der Waals surface area (Å²) in [5.41, 5.74) is -2.24. The molecule has 1 spiro atoms. The maximum Gasteiger partial charge on any atom is 0.145 e. The number of ketones is 1. The summed E-state index contributed by atoms with van der Waals surface area (Å²) in [4.78, 5) is 12.7. The molecule has 6 atom stereocenters. The van der Waals surface area contributed by atoms with E-state index in [0.29, 0.717) is 6.42 Å². The highest BCUT2D eigenvalue weighted by Gasteiger charge is 2.79. The average Bonchev–Trinajstić information content (AvgIpc) is 2.82. The number of aliphatic hydroxyl groups is 2. The Morgan fingerprint density at radius 2 is 1.94 bits per heavy atom. The number of rotatable bonds is 0. The van der Waals surface area contributed by atoms with Crippen LogP contribution in [0.1, 0.15) is 45.4 Å². The highest BCUT2D eigenvalue weighted by Crippen LogP contribution is 2.72. The van der Waals surface area contributed by atoms with Crippen LogP contribution in [0.15, 0.2) is 0 Å². The van der Waals surface area contributed by atoms with Crippen molar-refractivity contribution in [2.75, 3.05) is 0 Å². The summed E-state index contributed by atoms with van der Waals surface area (Å²) in [6.45, 7) is 1.82.